The van der Waals surface area contributed by atoms with E-state index in [4.69, 9.17) is 0 Å². The molecule has 1 fully saturated rings. The number of rotatable bonds is 7. The molecule has 0 saturated carbocycles. The summed E-state index contributed by atoms with van der Waals surface area (Å²) in [7, 11) is -0.917. The molecule has 5 heteroatoms. The maximum atomic E-state index is 12.6. The van der Waals surface area contributed by atoms with E-state index in [2.05, 4.69) is 35.3 Å². The fourth-order valence-electron chi connectivity index (χ4n) is 3.66. The van der Waals surface area contributed by atoms with Crippen molar-refractivity contribution < 1.29 is 9.00 Å². The van der Waals surface area contributed by atoms with E-state index < -0.39 is 10.8 Å². The number of nitrogens with zero attached hydrogens (tertiary/aromatic N) is 1. The van der Waals surface area contributed by atoms with Gasteiger partial charge in [-0.25, -0.2) is 0 Å². The monoisotopic (exact) mass is 398 g/mol. The number of nitrogens with one attached hydrogen (secondary N) is 1. The van der Waals surface area contributed by atoms with E-state index in [0.29, 0.717) is 17.9 Å². The lowest BCUT2D eigenvalue weighted by Gasteiger charge is -2.30. The maximum absolute atomic E-state index is 12.6. The standard InChI is InChI=1S/C23H30N2O2S/c1-18-10-12-25(13-11-18)16-22-8-4-3-7-21(22)15-24-23(26)20-9-5-6-19(14-20)17-28(2)27/h3-9,14,18H,10-13,15-17H2,1-2H3,(H,24,26)/t28-/m1/s1. The van der Waals surface area contributed by atoms with Crippen LogP contribution in [0.25, 0.3) is 0 Å². The molecular weight excluding hydrogens is 368 g/mol. The second-order valence-electron chi connectivity index (χ2n) is 7.83. The van der Waals surface area contributed by atoms with Gasteiger partial charge in [0.1, 0.15) is 0 Å². The van der Waals surface area contributed by atoms with Gasteiger partial charge in [-0.15, -0.1) is 0 Å². The Morgan fingerprint density at radius 2 is 1.82 bits per heavy atom. The fourth-order valence-corrected chi connectivity index (χ4v) is 4.31. The number of carbonyl (C=O) groups is 1. The number of hydrogen-bond acceptors (Lipinski definition) is 3. The molecule has 1 amide bonds. The molecule has 0 unspecified atom stereocenters. The first-order valence-corrected chi connectivity index (χ1v) is 11.7. The molecule has 2 aromatic carbocycles. The van der Waals surface area contributed by atoms with Crippen LogP contribution >= 0.6 is 0 Å². The number of carbonyl (C=O) groups excluding carboxylic acids is 1. The Balaban J connectivity index is 1.61. The second kappa shape index (κ2) is 9.99. The average molecular weight is 399 g/mol. The van der Waals surface area contributed by atoms with Gasteiger partial charge in [-0.3, -0.25) is 13.9 Å². The van der Waals surface area contributed by atoms with E-state index in [0.717, 1.165) is 31.1 Å². The summed E-state index contributed by atoms with van der Waals surface area (Å²) in [6, 6.07) is 15.8. The number of amides is 1. The first-order chi connectivity index (χ1) is 13.5. The summed E-state index contributed by atoms with van der Waals surface area (Å²) in [5, 5.41) is 3.05. The molecule has 0 spiro atoms. The van der Waals surface area contributed by atoms with Crippen LogP contribution in [-0.2, 0) is 29.6 Å². The molecule has 0 radical (unpaired) electrons. The zero-order chi connectivity index (χ0) is 19.9. The third-order valence-electron chi connectivity index (χ3n) is 5.39. The lowest BCUT2D eigenvalue weighted by molar-refractivity contribution is 0.0950. The van der Waals surface area contributed by atoms with Gasteiger partial charge in [-0.2, -0.15) is 0 Å². The largest absolute Gasteiger partial charge is 0.348 e. The third kappa shape index (κ3) is 6.01. The smallest absolute Gasteiger partial charge is 0.251 e. The van der Waals surface area contributed by atoms with E-state index in [-0.39, 0.29) is 5.91 Å². The van der Waals surface area contributed by atoms with Crippen LogP contribution in [0, 0.1) is 5.92 Å². The molecule has 1 N–H and O–H groups in total. The molecule has 0 aliphatic carbocycles. The summed E-state index contributed by atoms with van der Waals surface area (Å²) in [5.41, 5.74) is 3.99. The summed E-state index contributed by atoms with van der Waals surface area (Å²) in [6.45, 7) is 6.08. The minimum Gasteiger partial charge on any atom is -0.348 e. The van der Waals surface area contributed by atoms with Gasteiger partial charge in [0.15, 0.2) is 0 Å². The van der Waals surface area contributed by atoms with Crippen LogP contribution < -0.4 is 5.32 Å². The van der Waals surface area contributed by atoms with Crippen molar-refractivity contribution in [1.29, 1.82) is 0 Å². The summed E-state index contributed by atoms with van der Waals surface area (Å²) < 4.78 is 11.4. The average Bonchev–Trinajstić information content (AvgIpc) is 2.68. The van der Waals surface area contributed by atoms with Crippen LogP contribution in [0.2, 0.25) is 0 Å². The van der Waals surface area contributed by atoms with Crippen molar-refractivity contribution in [2.24, 2.45) is 5.92 Å². The van der Waals surface area contributed by atoms with E-state index in [1.54, 1.807) is 12.3 Å². The van der Waals surface area contributed by atoms with Crippen LogP contribution in [0.15, 0.2) is 48.5 Å². The van der Waals surface area contributed by atoms with E-state index in [9.17, 15) is 9.00 Å². The predicted octanol–water partition coefficient (Wildman–Crippen LogP) is 3.73. The van der Waals surface area contributed by atoms with E-state index in [1.165, 1.54) is 24.0 Å². The van der Waals surface area contributed by atoms with Gasteiger partial charge in [-0.05, 0) is 60.7 Å². The lowest BCUT2D eigenvalue weighted by Crippen LogP contribution is -2.33. The molecule has 1 heterocycles. The summed E-state index contributed by atoms with van der Waals surface area (Å²) in [5.74, 6) is 1.20. The third-order valence-corrected chi connectivity index (χ3v) is 6.13. The van der Waals surface area contributed by atoms with Gasteiger partial charge in [0, 0.05) is 41.5 Å². The Kier molecular flexibility index (Phi) is 7.40. The van der Waals surface area contributed by atoms with Crippen LogP contribution in [0.5, 0.6) is 0 Å². The second-order valence-corrected chi connectivity index (χ2v) is 9.26. The zero-order valence-electron chi connectivity index (χ0n) is 16.8. The minimum atomic E-state index is -0.917. The Morgan fingerprint density at radius 1 is 1.11 bits per heavy atom. The topological polar surface area (TPSA) is 49.4 Å². The number of piperidine rings is 1. The number of hydrogen-bond donors (Lipinski definition) is 1. The van der Waals surface area contributed by atoms with Crippen molar-refractivity contribution >= 4 is 16.7 Å². The van der Waals surface area contributed by atoms with Gasteiger partial charge in [-0.1, -0.05) is 43.3 Å². The molecule has 1 atom stereocenters. The molecule has 1 aliphatic heterocycles. The highest BCUT2D eigenvalue weighted by Gasteiger charge is 2.17. The highest BCUT2D eigenvalue weighted by atomic mass is 32.2. The molecule has 3 rings (SSSR count). The molecular formula is C23H30N2O2S. The molecule has 150 valence electrons. The predicted molar refractivity (Wildman–Crippen MR) is 115 cm³/mol. The number of likely N-dealkylation sites (tertiary alicyclic amines) is 1. The van der Waals surface area contributed by atoms with Crippen LogP contribution in [0.3, 0.4) is 0 Å². The molecule has 1 aliphatic rings. The van der Waals surface area contributed by atoms with Crippen molar-refractivity contribution in [2.45, 2.75) is 38.6 Å². The summed E-state index contributed by atoms with van der Waals surface area (Å²) in [4.78, 5) is 15.1. The van der Waals surface area contributed by atoms with Crippen LogP contribution in [0.4, 0.5) is 0 Å². The van der Waals surface area contributed by atoms with Crippen molar-refractivity contribution in [2.75, 3.05) is 19.3 Å². The van der Waals surface area contributed by atoms with E-state index >= 15 is 0 Å². The normalized spacial score (nSPS) is 16.6. The van der Waals surface area contributed by atoms with Crippen molar-refractivity contribution in [3.63, 3.8) is 0 Å². The Labute approximate surface area is 170 Å². The maximum Gasteiger partial charge on any atom is 0.251 e. The summed E-state index contributed by atoms with van der Waals surface area (Å²) >= 11 is 0. The summed E-state index contributed by atoms with van der Waals surface area (Å²) in [6.07, 6.45) is 4.20. The molecule has 4 nitrogen and oxygen atoms in total. The lowest BCUT2D eigenvalue weighted by atomic mass is 9.98. The van der Waals surface area contributed by atoms with Crippen LogP contribution in [-0.4, -0.2) is 34.4 Å². The zero-order valence-corrected chi connectivity index (χ0v) is 17.6. The van der Waals surface area contributed by atoms with Gasteiger partial charge in [0.05, 0.1) is 0 Å². The number of benzene rings is 2. The molecule has 28 heavy (non-hydrogen) atoms. The first kappa shape index (κ1) is 20.7. The van der Waals surface area contributed by atoms with Crippen molar-refractivity contribution in [3.05, 3.63) is 70.8 Å². The van der Waals surface area contributed by atoms with Crippen molar-refractivity contribution in [1.82, 2.24) is 10.2 Å². The Hall–Kier alpha value is -1.98. The van der Waals surface area contributed by atoms with E-state index in [1.807, 2.05) is 24.3 Å². The van der Waals surface area contributed by atoms with Gasteiger partial charge < -0.3 is 5.32 Å². The van der Waals surface area contributed by atoms with Gasteiger partial charge in [0.2, 0.25) is 0 Å². The van der Waals surface area contributed by atoms with Crippen LogP contribution in [0.1, 0.15) is 46.8 Å². The molecule has 0 aromatic heterocycles. The fraction of sp³-hybridized carbons (Fsp3) is 0.435. The Morgan fingerprint density at radius 3 is 2.54 bits per heavy atom. The SMILES string of the molecule is CC1CCN(Cc2ccccc2CNC(=O)c2cccc(C[S@@](C)=O)c2)CC1. The highest BCUT2D eigenvalue weighted by molar-refractivity contribution is 7.83. The van der Waals surface area contributed by atoms with Crippen molar-refractivity contribution in [3.8, 4) is 0 Å². The molecule has 2 aromatic rings. The Bertz CT molecular complexity index is 829. The molecule has 1 saturated heterocycles. The van der Waals surface area contributed by atoms with Gasteiger partial charge >= 0.3 is 0 Å². The van der Waals surface area contributed by atoms with Gasteiger partial charge in [0.25, 0.3) is 5.91 Å². The first-order valence-electron chi connectivity index (χ1n) is 9.97. The minimum absolute atomic E-state index is 0.0923. The molecule has 0 bridgehead atoms. The quantitative estimate of drug-likeness (QED) is 0.773. The highest BCUT2D eigenvalue weighted by Crippen LogP contribution is 2.20.